The Hall–Kier alpha value is -0.830. The standard InChI is InChI=1S/C22H42N6.HI/c1-8-19(9-2)21(28-12-10-11-13-28)15-24-22(23-6)25-16(3)14-20-17(4)26-27(7)18(20)5;/h16,19,21H,8-15H2,1-7H3,(H2,23,24,25);1H. The first-order valence-electron chi connectivity index (χ1n) is 11.1. The van der Waals surface area contributed by atoms with E-state index in [1.807, 2.05) is 18.8 Å². The van der Waals surface area contributed by atoms with E-state index in [4.69, 9.17) is 0 Å². The van der Waals surface area contributed by atoms with E-state index in [1.165, 1.54) is 50.0 Å². The predicted molar refractivity (Wildman–Crippen MR) is 134 cm³/mol. The summed E-state index contributed by atoms with van der Waals surface area (Å²) < 4.78 is 1.97. The van der Waals surface area contributed by atoms with E-state index in [0.717, 1.165) is 30.5 Å². The van der Waals surface area contributed by atoms with Crippen molar-refractivity contribution in [1.29, 1.82) is 0 Å². The highest BCUT2D eigenvalue weighted by molar-refractivity contribution is 14.0. The van der Waals surface area contributed by atoms with Crippen LogP contribution in [0.4, 0.5) is 0 Å². The Balaban J connectivity index is 0.00000420. The molecule has 6 nitrogen and oxygen atoms in total. The Morgan fingerprint density at radius 2 is 1.79 bits per heavy atom. The number of aryl methyl sites for hydroxylation is 2. The number of rotatable bonds is 9. The first-order valence-corrected chi connectivity index (χ1v) is 11.1. The zero-order valence-electron chi connectivity index (χ0n) is 19.6. The molecule has 2 unspecified atom stereocenters. The van der Waals surface area contributed by atoms with Gasteiger partial charge < -0.3 is 10.6 Å². The van der Waals surface area contributed by atoms with Crippen molar-refractivity contribution in [2.75, 3.05) is 26.7 Å². The number of halogens is 1. The van der Waals surface area contributed by atoms with Gasteiger partial charge in [-0.05, 0) is 64.6 Å². The van der Waals surface area contributed by atoms with Crippen LogP contribution in [-0.2, 0) is 13.5 Å². The second kappa shape index (κ2) is 12.8. The van der Waals surface area contributed by atoms with Gasteiger partial charge in [-0.3, -0.25) is 14.6 Å². The number of aromatic nitrogens is 2. The van der Waals surface area contributed by atoms with Gasteiger partial charge in [0, 0.05) is 38.4 Å². The van der Waals surface area contributed by atoms with Gasteiger partial charge in [0.25, 0.3) is 0 Å². The fourth-order valence-corrected chi connectivity index (χ4v) is 4.60. The Labute approximate surface area is 195 Å². The van der Waals surface area contributed by atoms with Gasteiger partial charge in [-0.1, -0.05) is 26.7 Å². The number of nitrogens with zero attached hydrogens (tertiary/aromatic N) is 4. The van der Waals surface area contributed by atoms with Crippen LogP contribution >= 0.6 is 24.0 Å². The molecular weight excluding hydrogens is 475 g/mol. The summed E-state index contributed by atoms with van der Waals surface area (Å²) in [6.45, 7) is 14.6. The normalized spacial score (nSPS) is 17.3. The zero-order chi connectivity index (χ0) is 20.7. The molecule has 0 saturated carbocycles. The Kier molecular flexibility index (Phi) is 11.5. The van der Waals surface area contributed by atoms with Crippen LogP contribution in [0.15, 0.2) is 4.99 Å². The molecule has 1 saturated heterocycles. The highest BCUT2D eigenvalue weighted by Gasteiger charge is 2.27. The van der Waals surface area contributed by atoms with E-state index in [1.54, 1.807) is 0 Å². The van der Waals surface area contributed by atoms with Crippen molar-refractivity contribution in [3.63, 3.8) is 0 Å². The minimum Gasteiger partial charge on any atom is -0.355 e. The Morgan fingerprint density at radius 1 is 1.17 bits per heavy atom. The molecule has 0 radical (unpaired) electrons. The van der Waals surface area contributed by atoms with Crippen molar-refractivity contribution in [3.05, 3.63) is 17.0 Å². The maximum absolute atomic E-state index is 4.54. The third-order valence-electron chi connectivity index (χ3n) is 6.46. The molecule has 0 bridgehead atoms. The van der Waals surface area contributed by atoms with Gasteiger partial charge in [0.1, 0.15) is 0 Å². The first-order chi connectivity index (χ1) is 13.4. The smallest absolute Gasteiger partial charge is 0.191 e. The average Bonchev–Trinajstić information content (AvgIpc) is 3.28. The van der Waals surface area contributed by atoms with E-state index < -0.39 is 0 Å². The van der Waals surface area contributed by atoms with Gasteiger partial charge in [0.2, 0.25) is 0 Å². The van der Waals surface area contributed by atoms with Crippen molar-refractivity contribution < 1.29 is 0 Å². The third kappa shape index (κ3) is 7.12. The lowest BCUT2D eigenvalue weighted by Gasteiger charge is -2.34. The molecule has 1 fully saturated rings. The molecule has 0 amide bonds. The molecule has 1 aliphatic rings. The van der Waals surface area contributed by atoms with Crippen LogP contribution in [0.2, 0.25) is 0 Å². The van der Waals surface area contributed by atoms with Crippen molar-refractivity contribution in [2.24, 2.45) is 18.0 Å². The summed E-state index contributed by atoms with van der Waals surface area (Å²) in [6, 6.07) is 0.889. The Morgan fingerprint density at radius 3 is 2.28 bits per heavy atom. The van der Waals surface area contributed by atoms with Crippen LogP contribution in [0, 0.1) is 19.8 Å². The van der Waals surface area contributed by atoms with Crippen molar-refractivity contribution in [2.45, 2.75) is 78.8 Å². The summed E-state index contributed by atoms with van der Waals surface area (Å²) in [6.07, 6.45) is 6.10. The minimum absolute atomic E-state index is 0. The van der Waals surface area contributed by atoms with Crippen molar-refractivity contribution >= 4 is 29.9 Å². The molecule has 2 heterocycles. The third-order valence-corrected chi connectivity index (χ3v) is 6.46. The molecule has 0 spiro atoms. The van der Waals surface area contributed by atoms with Crippen molar-refractivity contribution in [3.8, 4) is 0 Å². The van der Waals surface area contributed by atoms with E-state index in [0.29, 0.717) is 12.1 Å². The van der Waals surface area contributed by atoms with Gasteiger partial charge in [-0.2, -0.15) is 5.10 Å². The largest absolute Gasteiger partial charge is 0.355 e. The molecule has 1 aromatic rings. The van der Waals surface area contributed by atoms with Crippen LogP contribution in [-0.4, -0.2) is 59.4 Å². The number of nitrogens with one attached hydrogen (secondary N) is 2. The lowest BCUT2D eigenvalue weighted by Crippen LogP contribution is -2.51. The highest BCUT2D eigenvalue weighted by atomic mass is 127. The van der Waals surface area contributed by atoms with Crippen LogP contribution in [0.5, 0.6) is 0 Å². The molecule has 7 heteroatoms. The van der Waals surface area contributed by atoms with E-state index in [-0.39, 0.29) is 24.0 Å². The number of aliphatic imine (C=N–C) groups is 1. The topological polar surface area (TPSA) is 57.5 Å². The maximum atomic E-state index is 4.54. The molecule has 2 rings (SSSR count). The summed E-state index contributed by atoms with van der Waals surface area (Å²) in [5.74, 6) is 1.64. The van der Waals surface area contributed by atoms with Gasteiger partial charge in [-0.25, -0.2) is 0 Å². The number of likely N-dealkylation sites (tertiary alicyclic amines) is 1. The maximum Gasteiger partial charge on any atom is 0.191 e. The quantitative estimate of drug-likeness (QED) is 0.298. The average molecular weight is 519 g/mol. The van der Waals surface area contributed by atoms with E-state index in [9.17, 15) is 0 Å². The van der Waals surface area contributed by atoms with Crippen LogP contribution in [0.1, 0.15) is 63.4 Å². The van der Waals surface area contributed by atoms with Gasteiger partial charge >= 0.3 is 0 Å². The fraction of sp³-hybridized carbons (Fsp3) is 0.818. The first kappa shape index (κ1) is 26.2. The minimum atomic E-state index is 0. The molecule has 29 heavy (non-hydrogen) atoms. The van der Waals surface area contributed by atoms with Gasteiger partial charge in [0.05, 0.1) is 5.69 Å². The summed E-state index contributed by atoms with van der Waals surface area (Å²) in [4.78, 5) is 7.17. The van der Waals surface area contributed by atoms with E-state index in [2.05, 4.69) is 60.2 Å². The lowest BCUT2D eigenvalue weighted by atomic mass is 9.93. The fourth-order valence-electron chi connectivity index (χ4n) is 4.60. The molecule has 2 atom stereocenters. The van der Waals surface area contributed by atoms with Crippen molar-refractivity contribution in [1.82, 2.24) is 25.3 Å². The SMILES string of the molecule is CCC(CC)C(CNC(=NC)NC(C)Cc1c(C)nn(C)c1C)N1CCCC1.I. The molecule has 0 aliphatic carbocycles. The number of hydrogen-bond acceptors (Lipinski definition) is 3. The van der Waals surface area contributed by atoms with Gasteiger partial charge in [0.15, 0.2) is 5.96 Å². The summed E-state index contributed by atoms with van der Waals surface area (Å²) >= 11 is 0. The van der Waals surface area contributed by atoms with Crippen LogP contribution in [0.25, 0.3) is 0 Å². The molecule has 1 aliphatic heterocycles. The number of hydrogen-bond donors (Lipinski definition) is 2. The Bertz CT molecular complexity index is 629. The van der Waals surface area contributed by atoms with E-state index >= 15 is 0 Å². The summed E-state index contributed by atoms with van der Waals surface area (Å²) in [5, 5.41) is 11.7. The van der Waals surface area contributed by atoms with Gasteiger partial charge in [-0.15, -0.1) is 24.0 Å². The van der Waals surface area contributed by atoms with Crippen LogP contribution in [0.3, 0.4) is 0 Å². The highest BCUT2D eigenvalue weighted by Crippen LogP contribution is 2.22. The summed E-state index contributed by atoms with van der Waals surface area (Å²) in [5.41, 5.74) is 3.71. The number of guanidine groups is 1. The predicted octanol–water partition coefficient (Wildman–Crippen LogP) is 3.65. The summed E-state index contributed by atoms with van der Waals surface area (Å²) in [7, 11) is 3.88. The van der Waals surface area contributed by atoms with Crippen LogP contribution < -0.4 is 10.6 Å². The monoisotopic (exact) mass is 518 g/mol. The second-order valence-electron chi connectivity index (χ2n) is 8.36. The molecule has 2 N–H and O–H groups in total. The second-order valence-corrected chi connectivity index (χ2v) is 8.36. The molecular formula is C22H43IN6. The molecule has 168 valence electrons. The zero-order valence-corrected chi connectivity index (χ0v) is 21.9. The molecule has 0 aromatic carbocycles. The molecule has 1 aromatic heterocycles. The lowest BCUT2D eigenvalue weighted by molar-refractivity contribution is 0.166.